The second-order valence-corrected chi connectivity index (χ2v) is 10.2. The molecule has 0 radical (unpaired) electrons. The Morgan fingerprint density at radius 3 is 1.66 bits per heavy atom. The predicted molar refractivity (Wildman–Crippen MR) is 109 cm³/mol. The Bertz CT molecular complexity index is 940. The Balaban J connectivity index is 1.08. The van der Waals surface area contributed by atoms with Crippen molar-refractivity contribution in [2.75, 3.05) is 6.54 Å². The van der Waals surface area contributed by atoms with Gasteiger partial charge in [-0.15, -0.1) is 0 Å². The van der Waals surface area contributed by atoms with Crippen LogP contribution < -0.4 is 0 Å². The Morgan fingerprint density at radius 2 is 1.22 bits per heavy atom. The molecule has 4 aliphatic carbocycles. The van der Waals surface area contributed by atoms with E-state index in [1.165, 1.54) is 4.90 Å². The summed E-state index contributed by atoms with van der Waals surface area (Å²) < 4.78 is 0. The van der Waals surface area contributed by atoms with E-state index in [4.69, 9.17) is 0 Å². The van der Waals surface area contributed by atoms with Crippen molar-refractivity contribution >= 4 is 29.6 Å². The minimum Gasteiger partial charge on any atom is -0.480 e. The summed E-state index contributed by atoms with van der Waals surface area (Å²) in [4.78, 5) is 65.7. The third-order valence-electron chi connectivity index (χ3n) is 8.77. The van der Waals surface area contributed by atoms with E-state index >= 15 is 0 Å². The standard InChI is InChI=1S/C24H26N2O6/c27-20-16-11-4-5-12(9-11)17(16)21(28)25(20)8-2-1-3-15(24(31)32)26-22(29)18-13-6-7-14(10-13)19(18)23(26)30/h4-7,11-19H,1-3,8-10H2,(H,31,32)/t11-,12+,13-,14+,15?,16+,17-,18+,19-. The molecular formula is C24H26N2O6. The first-order chi connectivity index (χ1) is 15.4. The summed E-state index contributed by atoms with van der Waals surface area (Å²) in [7, 11) is 0. The van der Waals surface area contributed by atoms with Gasteiger partial charge in [0.05, 0.1) is 23.7 Å². The number of carboxylic acids is 1. The number of fused-ring (bicyclic) bond motifs is 10. The van der Waals surface area contributed by atoms with Crippen LogP contribution in [0.5, 0.6) is 0 Å². The molecule has 8 nitrogen and oxygen atoms in total. The molecule has 4 bridgehead atoms. The van der Waals surface area contributed by atoms with Gasteiger partial charge in [-0.3, -0.25) is 29.0 Å². The summed E-state index contributed by atoms with van der Waals surface area (Å²) in [6, 6.07) is -1.19. The Kier molecular flexibility index (Phi) is 4.26. The van der Waals surface area contributed by atoms with Crippen LogP contribution in [0, 0.1) is 47.3 Å². The number of carbonyl (C=O) groups is 5. The number of hydrogen-bond donors (Lipinski definition) is 1. The number of rotatable bonds is 7. The van der Waals surface area contributed by atoms with Crippen molar-refractivity contribution in [1.82, 2.24) is 9.80 Å². The van der Waals surface area contributed by atoms with Gasteiger partial charge in [0, 0.05) is 6.54 Å². The van der Waals surface area contributed by atoms with E-state index in [1.807, 2.05) is 12.2 Å². The summed E-state index contributed by atoms with van der Waals surface area (Å²) in [6.45, 7) is 0.262. The van der Waals surface area contributed by atoms with Gasteiger partial charge in [-0.2, -0.15) is 0 Å². The summed E-state index contributed by atoms with van der Waals surface area (Å²) in [5, 5.41) is 9.76. The van der Waals surface area contributed by atoms with Crippen LogP contribution in [0.3, 0.4) is 0 Å². The van der Waals surface area contributed by atoms with Gasteiger partial charge in [0.2, 0.25) is 23.6 Å². The van der Waals surface area contributed by atoms with Gasteiger partial charge in [-0.1, -0.05) is 24.3 Å². The maximum Gasteiger partial charge on any atom is 0.326 e. The van der Waals surface area contributed by atoms with Gasteiger partial charge < -0.3 is 5.11 Å². The van der Waals surface area contributed by atoms with Crippen molar-refractivity contribution in [2.45, 2.75) is 38.1 Å². The highest BCUT2D eigenvalue weighted by Crippen LogP contribution is 2.54. The molecule has 2 heterocycles. The number of aliphatic carboxylic acids is 1. The molecule has 0 aromatic rings. The molecule has 1 N–H and O–H groups in total. The van der Waals surface area contributed by atoms with E-state index in [0.717, 1.165) is 17.7 Å². The van der Waals surface area contributed by atoms with Crippen LogP contribution >= 0.6 is 0 Å². The van der Waals surface area contributed by atoms with Gasteiger partial charge in [-0.25, -0.2) is 4.79 Å². The molecule has 6 aliphatic rings. The summed E-state index contributed by atoms with van der Waals surface area (Å²) >= 11 is 0. The molecule has 2 saturated heterocycles. The molecule has 6 rings (SSSR count). The van der Waals surface area contributed by atoms with Crippen molar-refractivity contribution in [3.63, 3.8) is 0 Å². The minimum atomic E-state index is -1.19. The minimum absolute atomic E-state index is 0.0392. The highest BCUT2D eigenvalue weighted by atomic mass is 16.4. The maximum absolute atomic E-state index is 12.9. The third-order valence-corrected chi connectivity index (χ3v) is 8.77. The van der Waals surface area contributed by atoms with E-state index in [0.29, 0.717) is 12.8 Å². The number of likely N-dealkylation sites (tertiary alicyclic amines) is 2. The lowest BCUT2D eigenvalue weighted by Crippen LogP contribution is -2.46. The van der Waals surface area contributed by atoms with Gasteiger partial charge in [0.25, 0.3) is 0 Å². The molecule has 1 unspecified atom stereocenters. The van der Waals surface area contributed by atoms with Gasteiger partial charge in [0.1, 0.15) is 6.04 Å². The fourth-order valence-electron chi connectivity index (χ4n) is 7.39. The number of hydrogen-bond acceptors (Lipinski definition) is 5. The van der Waals surface area contributed by atoms with Crippen LogP contribution in [0.4, 0.5) is 0 Å². The molecule has 4 fully saturated rings. The molecule has 8 heteroatoms. The molecule has 0 aromatic carbocycles. The normalized spacial score (nSPS) is 41.4. The lowest BCUT2D eigenvalue weighted by molar-refractivity contribution is -0.155. The van der Waals surface area contributed by atoms with Crippen LogP contribution in [0.15, 0.2) is 24.3 Å². The van der Waals surface area contributed by atoms with E-state index in [2.05, 4.69) is 12.2 Å². The fraction of sp³-hybridized carbons (Fsp3) is 0.625. The summed E-state index contributed by atoms with van der Waals surface area (Å²) in [6.07, 6.45) is 10.8. The Labute approximate surface area is 185 Å². The van der Waals surface area contributed by atoms with Crippen LogP contribution in [-0.4, -0.2) is 57.1 Å². The van der Waals surface area contributed by atoms with Crippen molar-refractivity contribution < 1.29 is 29.1 Å². The lowest BCUT2D eigenvalue weighted by Gasteiger charge is -2.25. The number of allylic oxidation sites excluding steroid dienone is 4. The monoisotopic (exact) mass is 438 g/mol. The zero-order valence-electron chi connectivity index (χ0n) is 17.6. The van der Waals surface area contributed by atoms with Crippen LogP contribution in [-0.2, 0) is 24.0 Å². The molecule has 32 heavy (non-hydrogen) atoms. The average molecular weight is 438 g/mol. The van der Waals surface area contributed by atoms with Crippen LogP contribution in [0.1, 0.15) is 32.1 Å². The quantitative estimate of drug-likeness (QED) is 0.363. The van der Waals surface area contributed by atoms with Gasteiger partial charge in [0.15, 0.2) is 0 Å². The third kappa shape index (κ3) is 2.52. The molecular weight excluding hydrogens is 412 g/mol. The fourth-order valence-corrected chi connectivity index (χ4v) is 7.39. The number of unbranched alkanes of at least 4 members (excludes halogenated alkanes) is 1. The average Bonchev–Trinajstić information content (AvgIpc) is 3.58. The zero-order valence-corrected chi connectivity index (χ0v) is 17.6. The Morgan fingerprint density at radius 1 is 0.781 bits per heavy atom. The van der Waals surface area contributed by atoms with Crippen molar-refractivity contribution in [1.29, 1.82) is 0 Å². The molecule has 0 spiro atoms. The second kappa shape index (κ2) is 6.86. The van der Waals surface area contributed by atoms with E-state index in [9.17, 15) is 29.1 Å². The van der Waals surface area contributed by atoms with E-state index in [1.54, 1.807) is 0 Å². The molecule has 2 saturated carbocycles. The first kappa shape index (κ1) is 19.9. The van der Waals surface area contributed by atoms with E-state index in [-0.39, 0.29) is 72.1 Å². The molecule has 168 valence electrons. The topological polar surface area (TPSA) is 112 Å². The predicted octanol–water partition coefficient (Wildman–Crippen LogP) is 1.22. The van der Waals surface area contributed by atoms with Gasteiger partial charge >= 0.3 is 5.97 Å². The first-order valence-electron chi connectivity index (χ1n) is 11.7. The lowest BCUT2D eigenvalue weighted by atomic mass is 9.85. The smallest absolute Gasteiger partial charge is 0.326 e. The molecule has 9 atom stereocenters. The zero-order chi connectivity index (χ0) is 22.3. The van der Waals surface area contributed by atoms with Crippen LogP contribution in [0.25, 0.3) is 0 Å². The number of carboxylic acid groups (broad SMARTS) is 1. The highest BCUT2D eigenvalue weighted by Gasteiger charge is 2.61. The summed E-state index contributed by atoms with van der Waals surface area (Å²) in [5.74, 6) is -2.98. The molecule has 0 aromatic heterocycles. The van der Waals surface area contributed by atoms with Crippen LogP contribution in [0.2, 0.25) is 0 Å². The number of imide groups is 2. The summed E-state index contributed by atoms with van der Waals surface area (Å²) in [5.41, 5.74) is 0. The van der Waals surface area contributed by atoms with Crippen molar-refractivity contribution in [2.24, 2.45) is 47.3 Å². The number of nitrogens with zero attached hydrogens (tertiary/aromatic N) is 2. The van der Waals surface area contributed by atoms with Crippen molar-refractivity contribution in [3.05, 3.63) is 24.3 Å². The number of carbonyl (C=O) groups excluding carboxylic acids is 4. The molecule has 2 aliphatic heterocycles. The Hall–Kier alpha value is -2.77. The molecule has 4 amide bonds. The maximum atomic E-state index is 12.9. The highest BCUT2D eigenvalue weighted by molar-refractivity contribution is 6.09. The second-order valence-electron chi connectivity index (χ2n) is 10.2. The first-order valence-corrected chi connectivity index (χ1v) is 11.7. The van der Waals surface area contributed by atoms with Crippen molar-refractivity contribution in [3.8, 4) is 0 Å². The number of amides is 4. The SMILES string of the molecule is O=C(O)C(CCCCN1C(=O)[C@@H]2[C@H](C1=O)[C@H]1C=C[C@@H]2C1)N1C(=O)[C@@H]2[C@H](C1=O)[C@H]1C=C[C@@H]2C1. The van der Waals surface area contributed by atoms with Gasteiger partial charge in [-0.05, 0) is 55.8 Å². The van der Waals surface area contributed by atoms with E-state index < -0.39 is 23.8 Å². The largest absolute Gasteiger partial charge is 0.480 e.